The number of pyridine rings is 1. The SMILES string of the molecule is CSc1nc(SC)c2c(c1C)CCCC2. The van der Waals surface area contributed by atoms with Crippen molar-refractivity contribution in [3.05, 3.63) is 16.7 Å². The van der Waals surface area contributed by atoms with Crippen LogP contribution in [0.4, 0.5) is 0 Å². The number of hydrogen-bond donors (Lipinski definition) is 0. The second-order valence-corrected chi connectivity index (χ2v) is 5.51. The average Bonchev–Trinajstić information content (AvgIpc) is 2.30. The summed E-state index contributed by atoms with van der Waals surface area (Å²) in [5.74, 6) is 0. The van der Waals surface area contributed by atoms with Crippen molar-refractivity contribution in [2.24, 2.45) is 0 Å². The van der Waals surface area contributed by atoms with Crippen LogP contribution in [0.5, 0.6) is 0 Å². The van der Waals surface area contributed by atoms with Crippen LogP contribution in [-0.2, 0) is 12.8 Å². The van der Waals surface area contributed by atoms with Gasteiger partial charge in [-0.2, -0.15) is 0 Å². The van der Waals surface area contributed by atoms with Crippen molar-refractivity contribution in [3.63, 3.8) is 0 Å². The summed E-state index contributed by atoms with van der Waals surface area (Å²) < 4.78 is 0. The van der Waals surface area contributed by atoms with E-state index < -0.39 is 0 Å². The predicted octanol–water partition coefficient (Wildman–Crippen LogP) is 3.71. The maximum atomic E-state index is 4.75. The van der Waals surface area contributed by atoms with E-state index in [-0.39, 0.29) is 0 Å². The van der Waals surface area contributed by atoms with Crippen molar-refractivity contribution >= 4 is 23.5 Å². The van der Waals surface area contributed by atoms with Crippen LogP contribution in [-0.4, -0.2) is 17.5 Å². The lowest BCUT2D eigenvalue weighted by molar-refractivity contribution is 0.654. The minimum Gasteiger partial charge on any atom is -0.235 e. The van der Waals surface area contributed by atoms with Crippen LogP contribution < -0.4 is 0 Å². The molecule has 0 unspecified atom stereocenters. The first kappa shape index (κ1) is 11.3. The third kappa shape index (κ3) is 2.04. The number of thioether (sulfide) groups is 2. The molecule has 0 N–H and O–H groups in total. The van der Waals surface area contributed by atoms with E-state index >= 15 is 0 Å². The second kappa shape index (κ2) is 4.79. The largest absolute Gasteiger partial charge is 0.235 e. The molecule has 1 nitrogen and oxygen atoms in total. The number of hydrogen-bond acceptors (Lipinski definition) is 3. The number of fused-ring (bicyclic) bond motifs is 1. The fourth-order valence-electron chi connectivity index (χ4n) is 2.30. The Morgan fingerprint density at radius 2 is 1.53 bits per heavy atom. The third-order valence-electron chi connectivity index (χ3n) is 3.09. The zero-order valence-electron chi connectivity index (χ0n) is 9.59. The van der Waals surface area contributed by atoms with Crippen LogP contribution in [0.15, 0.2) is 10.1 Å². The molecular weight excluding hydrogens is 222 g/mol. The molecule has 2 rings (SSSR count). The van der Waals surface area contributed by atoms with Gasteiger partial charge in [-0.1, -0.05) is 0 Å². The first-order valence-electron chi connectivity index (χ1n) is 5.38. The highest BCUT2D eigenvalue weighted by Crippen LogP contribution is 2.34. The molecule has 0 aliphatic heterocycles. The Bertz CT molecular complexity index is 374. The average molecular weight is 239 g/mol. The van der Waals surface area contributed by atoms with Crippen molar-refractivity contribution in [1.82, 2.24) is 4.98 Å². The Kier molecular flexibility index (Phi) is 3.62. The highest BCUT2D eigenvalue weighted by atomic mass is 32.2. The first-order valence-corrected chi connectivity index (χ1v) is 7.83. The summed E-state index contributed by atoms with van der Waals surface area (Å²) in [6.45, 7) is 2.23. The molecular formula is C12H17NS2. The molecule has 15 heavy (non-hydrogen) atoms. The zero-order chi connectivity index (χ0) is 10.8. The molecule has 82 valence electrons. The predicted molar refractivity (Wildman–Crippen MR) is 69.2 cm³/mol. The summed E-state index contributed by atoms with van der Waals surface area (Å²) in [5, 5.41) is 2.49. The topological polar surface area (TPSA) is 12.9 Å². The lowest BCUT2D eigenvalue weighted by Gasteiger charge is -2.21. The molecule has 0 amide bonds. The van der Waals surface area contributed by atoms with Gasteiger partial charge in [-0.3, -0.25) is 0 Å². The van der Waals surface area contributed by atoms with E-state index in [1.165, 1.54) is 46.9 Å². The molecule has 3 heteroatoms. The molecule has 1 aromatic rings. The number of nitrogens with zero attached hydrogens (tertiary/aromatic N) is 1. The quantitative estimate of drug-likeness (QED) is 0.730. The molecule has 0 aromatic carbocycles. The monoisotopic (exact) mass is 239 g/mol. The fourth-order valence-corrected chi connectivity index (χ4v) is 3.62. The van der Waals surface area contributed by atoms with E-state index in [1.54, 1.807) is 29.1 Å². The highest BCUT2D eigenvalue weighted by molar-refractivity contribution is 7.99. The zero-order valence-corrected chi connectivity index (χ0v) is 11.2. The highest BCUT2D eigenvalue weighted by Gasteiger charge is 2.18. The van der Waals surface area contributed by atoms with Crippen molar-refractivity contribution < 1.29 is 0 Å². The van der Waals surface area contributed by atoms with Crippen molar-refractivity contribution in [2.75, 3.05) is 12.5 Å². The molecule has 0 saturated heterocycles. The Morgan fingerprint density at radius 1 is 0.933 bits per heavy atom. The van der Waals surface area contributed by atoms with Crippen LogP contribution in [0.2, 0.25) is 0 Å². The van der Waals surface area contributed by atoms with E-state index in [0.29, 0.717) is 0 Å². The van der Waals surface area contributed by atoms with Gasteiger partial charge < -0.3 is 0 Å². The van der Waals surface area contributed by atoms with Gasteiger partial charge >= 0.3 is 0 Å². The second-order valence-electron chi connectivity index (χ2n) is 3.92. The third-order valence-corrected chi connectivity index (χ3v) is 4.60. The number of rotatable bonds is 2. The van der Waals surface area contributed by atoms with Gasteiger partial charge in [-0.05, 0) is 61.8 Å². The van der Waals surface area contributed by atoms with Gasteiger partial charge in [-0.15, -0.1) is 23.5 Å². The van der Waals surface area contributed by atoms with Crippen molar-refractivity contribution in [2.45, 2.75) is 42.7 Å². The molecule has 1 heterocycles. The Labute approximate surface area is 100 Å². The Morgan fingerprint density at radius 3 is 2.13 bits per heavy atom. The summed E-state index contributed by atoms with van der Waals surface area (Å²) in [7, 11) is 0. The molecule has 0 fully saturated rings. The minimum atomic E-state index is 1.22. The molecule has 1 aliphatic carbocycles. The molecule has 1 aliphatic rings. The van der Waals surface area contributed by atoms with Gasteiger partial charge in [0.1, 0.15) is 10.1 Å². The Balaban J connectivity index is 2.58. The van der Waals surface area contributed by atoms with E-state index in [1.807, 2.05) is 0 Å². The van der Waals surface area contributed by atoms with Gasteiger partial charge in [0.15, 0.2) is 0 Å². The van der Waals surface area contributed by atoms with Gasteiger partial charge in [0, 0.05) is 0 Å². The lowest BCUT2D eigenvalue weighted by atomic mass is 9.90. The maximum Gasteiger partial charge on any atom is 0.101 e. The smallest absolute Gasteiger partial charge is 0.101 e. The van der Waals surface area contributed by atoms with Gasteiger partial charge in [0.05, 0.1) is 0 Å². The molecule has 1 aromatic heterocycles. The van der Waals surface area contributed by atoms with Crippen molar-refractivity contribution in [1.29, 1.82) is 0 Å². The van der Waals surface area contributed by atoms with Crippen molar-refractivity contribution in [3.8, 4) is 0 Å². The van der Waals surface area contributed by atoms with E-state index in [4.69, 9.17) is 4.98 Å². The minimum absolute atomic E-state index is 1.22. The normalized spacial score (nSPS) is 15.1. The molecule has 0 radical (unpaired) electrons. The van der Waals surface area contributed by atoms with Crippen LogP contribution in [0.1, 0.15) is 29.5 Å². The van der Waals surface area contributed by atoms with E-state index in [0.717, 1.165) is 0 Å². The summed E-state index contributed by atoms with van der Waals surface area (Å²) in [4.78, 5) is 4.75. The van der Waals surface area contributed by atoms with Gasteiger partial charge in [0.2, 0.25) is 0 Å². The van der Waals surface area contributed by atoms with Gasteiger partial charge in [0.25, 0.3) is 0 Å². The fraction of sp³-hybridized carbons (Fsp3) is 0.583. The van der Waals surface area contributed by atoms with Crippen LogP contribution >= 0.6 is 23.5 Å². The Hall–Kier alpha value is -0.150. The van der Waals surface area contributed by atoms with Crippen LogP contribution in [0, 0.1) is 6.92 Å². The summed E-state index contributed by atoms with van der Waals surface area (Å²) in [6, 6.07) is 0. The summed E-state index contributed by atoms with van der Waals surface area (Å²) in [6.07, 6.45) is 9.42. The first-order chi connectivity index (χ1) is 7.27. The van der Waals surface area contributed by atoms with Gasteiger partial charge in [-0.25, -0.2) is 4.98 Å². The summed E-state index contributed by atoms with van der Waals surface area (Å²) >= 11 is 3.57. The van der Waals surface area contributed by atoms with E-state index in [9.17, 15) is 0 Å². The van der Waals surface area contributed by atoms with Crippen LogP contribution in [0.25, 0.3) is 0 Å². The molecule has 0 atom stereocenters. The maximum absolute atomic E-state index is 4.75. The molecule has 0 saturated carbocycles. The van der Waals surface area contributed by atoms with Crippen LogP contribution in [0.3, 0.4) is 0 Å². The standard InChI is InChI=1S/C12H17NS2/c1-8-9-6-4-5-7-10(9)12(15-3)13-11(8)14-2/h4-7H2,1-3H3. The molecule has 0 spiro atoms. The molecule has 0 bridgehead atoms. The summed E-state index contributed by atoms with van der Waals surface area (Å²) in [5.41, 5.74) is 4.55. The number of aromatic nitrogens is 1. The lowest BCUT2D eigenvalue weighted by Crippen LogP contribution is -2.09. The van der Waals surface area contributed by atoms with E-state index in [2.05, 4.69) is 19.4 Å².